The van der Waals surface area contributed by atoms with Crippen molar-refractivity contribution in [3.8, 4) is 0 Å². The van der Waals surface area contributed by atoms with Crippen molar-refractivity contribution in [3.05, 3.63) is 11.2 Å². The van der Waals surface area contributed by atoms with Gasteiger partial charge in [-0.05, 0) is 18.8 Å². The van der Waals surface area contributed by atoms with E-state index in [4.69, 9.17) is 17.3 Å². The molecule has 1 saturated heterocycles. The fourth-order valence-electron chi connectivity index (χ4n) is 3.19. The Labute approximate surface area is 129 Å². The molecule has 1 aliphatic carbocycles. The van der Waals surface area contributed by atoms with Crippen molar-refractivity contribution >= 4 is 29.3 Å². The zero-order valence-corrected chi connectivity index (χ0v) is 12.7. The predicted octanol–water partition coefficient (Wildman–Crippen LogP) is 1.55. The molecule has 0 unspecified atom stereocenters. The number of nitrogen functional groups attached to an aromatic ring is 1. The Morgan fingerprint density at radius 2 is 2.05 bits per heavy atom. The van der Waals surface area contributed by atoms with E-state index in [-0.39, 0.29) is 11.9 Å². The molecule has 0 radical (unpaired) electrons. The number of piperazine rings is 1. The summed E-state index contributed by atoms with van der Waals surface area (Å²) in [6.07, 6.45) is 5.12. The summed E-state index contributed by atoms with van der Waals surface area (Å²) < 4.78 is 0. The lowest BCUT2D eigenvalue weighted by Gasteiger charge is -2.36. The van der Waals surface area contributed by atoms with Crippen LogP contribution in [-0.2, 0) is 4.79 Å². The van der Waals surface area contributed by atoms with Gasteiger partial charge in [0.15, 0.2) is 0 Å². The molecule has 7 heteroatoms. The van der Waals surface area contributed by atoms with Gasteiger partial charge in [-0.25, -0.2) is 4.98 Å². The van der Waals surface area contributed by atoms with Crippen LogP contribution in [0.1, 0.15) is 25.7 Å². The molecule has 1 amide bonds. The standard InChI is InChI=1S/C14H20ClN5O/c15-11-7-12(18-14(16)17-11)19-5-6-20(13(21)9-19)8-10-3-1-2-4-10/h7,10H,1-6,8-9H2,(H2,16,17,18). The highest BCUT2D eigenvalue weighted by molar-refractivity contribution is 6.29. The number of anilines is 2. The molecule has 2 fully saturated rings. The Kier molecular flexibility index (Phi) is 4.14. The van der Waals surface area contributed by atoms with Crippen LogP contribution in [0, 0.1) is 5.92 Å². The Morgan fingerprint density at radius 1 is 1.29 bits per heavy atom. The monoisotopic (exact) mass is 309 g/mol. The van der Waals surface area contributed by atoms with E-state index < -0.39 is 0 Å². The first-order chi connectivity index (χ1) is 10.1. The molecule has 3 rings (SSSR count). The second kappa shape index (κ2) is 6.05. The number of carbonyl (C=O) groups is 1. The summed E-state index contributed by atoms with van der Waals surface area (Å²) in [5.74, 6) is 1.60. The molecule has 1 aromatic heterocycles. The van der Waals surface area contributed by atoms with Crippen molar-refractivity contribution in [1.29, 1.82) is 0 Å². The van der Waals surface area contributed by atoms with Gasteiger partial charge >= 0.3 is 0 Å². The molecule has 1 saturated carbocycles. The van der Waals surface area contributed by atoms with Crippen LogP contribution < -0.4 is 10.6 Å². The van der Waals surface area contributed by atoms with Crippen LogP contribution in [0.25, 0.3) is 0 Å². The molecule has 21 heavy (non-hydrogen) atoms. The number of rotatable bonds is 3. The van der Waals surface area contributed by atoms with Crippen LogP contribution in [0.2, 0.25) is 5.15 Å². The average molecular weight is 310 g/mol. The van der Waals surface area contributed by atoms with Crippen molar-refractivity contribution in [1.82, 2.24) is 14.9 Å². The van der Waals surface area contributed by atoms with E-state index in [1.165, 1.54) is 25.7 Å². The lowest BCUT2D eigenvalue weighted by Crippen LogP contribution is -2.51. The number of aromatic nitrogens is 2. The topological polar surface area (TPSA) is 75.3 Å². The minimum atomic E-state index is 0.137. The van der Waals surface area contributed by atoms with E-state index in [1.54, 1.807) is 6.07 Å². The highest BCUT2D eigenvalue weighted by Crippen LogP contribution is 2.26. The number of nitrogens with two attached hydrogens (primary N) is 1. The number of hydrogen-bond acceptors (Lipinski definition) is 5. The van der Waals surface area contributed by atoms with E-state index in [0.717, 1.165) is 19.6 Å². The largest absolute Gasteiger partial charge is 0.368 e. The SMILES string of the molecule is Nc1nc(Cl)cc(N2CCN(CC3CCCC3)C(=O)C2)n1. The molecule has 0 atom stereocenters. The molecule has 0 bridgehead atoms. The van der Waals surface area contributed by atoms with Gasteiger partial charge in [-0.1, -0.05) is 24.4 Å². The van der Waals surface area contributed by atoms with Gasteiger partial charge in [0.25, 0.3) is 0 Å². The molecule has 2 N–H and O–H groups in total. The van der Waals surface area contributed by atoms with E-state index in [9.17, 15) is 4.79 Å². The maximum Gasteiger partial charge on any atom is 0.242 e. The molecular weight excluding hydrogens is 290 g/mol. The summed E-state index contributed by atoms with van der Waals surface area (Å²) >= 11 is 5.89. The van der Waals surface area contributed by atoms with Gasteiger partial charge in [-0.15, -0.1) is 0 Å². The van der Waals surface area contributed by atoms with Crippen molar-refractivity contribution in [2.45, 2.75) is 25.7 Å². The molecular formula is C14H20ClN5O. The molecule has 6 nitrogen and oxygen atoms in total. The van der Waals surface area contributed by atoms with Gasteiger partial charge in [0, 0.05) is 25.7 Å². The molecule has 0 aromatic carbocycles. The Bertz CT molecular complexity index is 512. The first-order valence-corrected chi connectivity index (χ1v) is 7.82. The zero-order valence-electron chi connectivity index (χ0n) is 12.0. The minimum absolute atomic E-state index is 0.137. The quantitative estimate of drug-likeness (QED) is 0.857. The summed E-state index contributed by atoms with van der Waals surface area (Å²) in [7, 11) is 0. The fraction of sp³-hybridized carbons (Fsp3) is 0.643. The van der Waals surface area contributed by atoms with Crippen LogP contribution in [0.4, 0.5) is 11.8 Å². The third-order valence-electron chi connectivity index (χ3n) is 4.29. The number of amides is 1. The molecule has 1 aliphatic heterocycles. The Balaban J connectivity index is 1.63. The first kappa shape index (κ1) is 14.4. The Hall–Kier alpha value is -1.56. The number of hydrogen-bond donors (Lipinski definition) is 1. The lowest BCUT2D eigenvalue weighted by atomic mass is 10.1. The van der Waals surface area contributed by atoms with Gasteiger partial charge < -0.3 is 15.5 Å². The maximum atomic E-state index is 12.3. The smallest absolute Gasteiger partial charge is 0.242 e. The van der Waals surface area contributed by atoms with Crippen molar-refractivity contribution in [3.63, 3.8) is 0 Å². The third kappa shape index (κ3) is 3.37. The fourth-order valence-corrected chi connectivity index (χ4v) is 3.37. The van der Waals surface area contributed by atoms with Gasteiger partial charge in [0.1, 0.15) is 11.0 Å². The maximum absolute atomic E-state index is 12.3. The van der Waals surface area contributed by atoms with Crippen LogP contribution in [0.15, 0.2) is 6.07 Å². The summed E-state index contributed by atoms with van der Waals surface area (Å²) in [4.78, 5) is 24.2. The lowest BCUT2D eigenvalue weighted by molar-refractivity contribution is -0.131. The summed E-state index contributed by atoms with van der Waals surface area (Å²) in [6.45, 7) is 2.72. The first-order valence-electron chi connectivity index (χ1n) is 7.44. The summed E-state index contributed by atoms with van der Waals surface area (Å²) in [6, 6.07) is 1.65. The van der Waals surface area contributed by atoms with E-state index in [0.29, 0.717) is 23.4 Å². The summed E-state index contributed by atoms with van der Waals surface area (Å²) in [5, 5.41) is 0.304. The summed E-state index contributed by atoms with van der Waals surface area (Å²) in [5.41, 5.74) is 5.61. The van der Waals surface area contributed by atoms with E-state index in [1.807, 2.05) is 9.80 Å². The van der Waals surface area contributed by atoms with Gasteiger partial charge in [0.2, 0.25) is 11.9 Å². The van der Waals surface area contributed by atoms with Crippen LogP contribution in [-0.4, -0.2) is 47.0 Å². The van der Waals surface area contributed by atoms with Crippen molar-refractivity contribution in [2.24, 2.45) is 5.92 Å². The van der Waals surface area contributed by atoms with Crippen molar-refractivity contribution in [2.75, 3.05) is 36.8 Å². The normalized spacial score (nSPS) is 20.3. The van der Waals surface area contributed by atoms with Crippen molar-refractivity contribution < 1.29 is 4.79 Å². The predicted molar refractivity (Wildman–Crippen MR) is 82.2 cm³/mol. The average Bonchev–Trinajstić information content (AvgIpc) is 2.93. The molecule has 0 spiro atoms. The Morgan fingerprint density at radius 3 is 2.71 bits per heavy atom. The molecule has 2 aliphatic rings. The second-order valence-corrected chi connectivity index (χ2v) is 6.21. The van der Waals surface area contributed by atoms with Crippen LogP contribution >= 0.6 is 11.6 Å². The van der Waals surface area contributed by atoms with Gasteiger partial charge in [-0.3, -0.25) is 4.79 Å². The number of nitrogens with zero attached hydrogens (tertiary/aromatic N) is 4. The second-order valence-electron chi connectivity index (χ2n) is 5.82. The highest BCUT2D eigenvalue weighted by atomic mass is 35.5. The zero-order chi connectivity index (χ0) is 14.8. The number of carbonyl (C=O) groups excluding carboxylic acids is 1. The van der Waals surface area contributed by atoms with Crippen LogP contribution in [0.3, 0.4) is 0 Å². The van der Waals surface area contributed by atoms with Gasteiger partial charge in [0.05, 0.1) is 6.54 Å². The van der Waals surface area contributed by atoms with Crippen LogP contribution in [0.5, 0.6) is 0 Å². The molecule has 114 valence electrons. The van der Waals surface area contributed by atoms with E-state index in [2.05, 4.69) is 9.97 Å². The third-order valence-corrected chi connectivity index (χ3v) is 4.49. The van der Waals surface area contributed by atoms with E-state index >= 15 is 0 Å². The molecule has 1 aromatic rings. The molecule has 2 heterocycles. The minimum Gasteiger partial charge on any atom is -0.368 e. The number of halogens is 1. The highest BCUT2D eigenvalue weighted by Gasteiger charge is 2.28. The van der Waals surface area contributed by atoms with Gasteiger partial charge in [-0.2, -0.15) is 4.98 Å².